The summed E-state index contributed by atoms with van der Waals surface area (Å²) < 4.78 is 27.6. The van der Waals surface area contributed by atoms with Gasteiger partial charge in [-0.05, 0) is 46.2 Å². The first-order chi connectivity index (χ1) is 9.13. The molecule has 0 bridgehead atoms. The molecule has 0 saturated heterocycles. The molecule has 0 radical (unpaired) electrons. The van der Waals surface area contributed by atoms with E-state index in [1.807, 2.05) is 6.92 Å². The summed E-state index contributed by atoms with van der Waals surface area (Å²) in [6.45, 7) is 2.64. The Balaban J connectivity index is 2.45. The van der Waals surface area contributed by atoms with Gasteiger partial charge in [-0.25, -0.2) is 8.78 Å². The minimum absolute atomic E-state index is 0.289. The summed E-state index contributed by atoms with van der Waals surface area (Å²) in [6.07, 6.45) is 0. The van der Waals surface area contributed by atoms with E-state index in [1.165, 1.54) is 12.1 Å². The van der Waals surface area contributed by atoms with Gasteiger partial charge in [0.05, 0.1) is 10.5 Å². The lowest BCUT2D eigenvalue weighted by Gasteiger charge is -2.20. The summed E-state index contributed by atoms with van der Waals surface area (Å²) in [4.78, 5) is 0. The van der Waals surface area contributed by atoms with Crippen molar-refractivity contribution in [2.45, 2.75) is 13.0 Å². The molecule has 1 unspecified atom stereocenters. The molecule has 0 saturated carbocycles. The number of halogens is 3. The van der Waals surface area contributed by atoms with Crippen LogP contribution in [0.5, 0.6) is 0 Å². The second kappa shape index (κ2) is 6.26. The van der Waals surface area contributed by atoms with Crippen molar-refractivity contribution >= 4 is 15.9 Å². The molecule has 0 aliphatic rings. The van der Waals surface area contributed by atoms with Crippen LogP contribution in [0, 0.1) is 11.6 Å². The van der Waals surface area contributed by atoms with Crippen LogP contribution in [0.15, 0.2) is 46.9 Å². The Kier molecular flexibility index (Phi) is 4.66. The first-order valence-electron chi connectivity index (χ1n) is 6.06. The number of rotatable bonds is 4. The van der Waals surface area contributed by atoms with Crippen LogP contribution < -0.4 is 5.32 Å². The molecular weight excluding hydrogens is 312 g/mol. The van der Waals surface area contributed by atoms with E-state index in [-0.39, 0.29) is 17.7 Å². The summed E-state index contributed by atoms with van der Waals surface area (Å²) >= 11 is 3.19. The van der Waals surface area contributed by atoms with E-state index in [0.29, 0.717) is 16.6 Å². The largest absolute Gasteiger partial charge is 0.306 e. The molecular formula is C15H14BrF2N. The third kappa shape index (κ3) is 3.19. The first kappa shape index (κ1) is 14.2. The van der Waals surface area contributed by atoms with E-state index >= 15 is 0 Å². The van der Waals surface area contributed by atoms with Crippen LogP contribution in [0.2, 0.25) is 0 Å². The van der Waals surface area contributed by atoms with E-state index in [9.17, 15) is 8.78 Å². The van der Waals surface area contributed by atoms with Crippen molar-refractivity contribution < 1.29 is 8.78 Å². The highest BCUT2D eigenvalue weighted by atomic mass is 79.9. The van der Waals surface area contributed by atoms with Crippen LogP contribution in [0.25, 0.3) is 0 Å². The van der Waals surface area contributed by atoms with Crippen LogP contribution in [0.4, 0.5) is 8.78 Å². The lowest BCUT2D eigenvalue weighted by atomic mass is 9.98. The van der Waals surface area contributed by atoms with Gasteiger partial charge in [-0.15, -0.1) is 0 Å². The van der Waals surface area contributed by atoms with Gasteiger partial charge >= 0.3 is 0 Å². The van der Waals surface area contributed by atoms with Gasteiger partial charge in [-0.3, -0.25) is 0 Å². The van der Waals surface area contributed by atoms with Crippen LogP contribution in [0.3, 0.4) is 0 Å². The normalized spacial score (nSPS) is 12.4. The Morgan fingerprint density at radius 2 is 1.79 bits per heavy atom. The van der Waals surface area contributed by atoms with E-state index in [4.69, 9.17) is 0 Å². The van der Waals surface area contributed by atoms with Crippen molar-refractivity contribution in [3.8, 4) is 0 Å². The summed E-state index contributed by atoms with van der Waals surface area (Å²) in [6, 6.07) is 11.0. The minimum Gasteiger partial charge on any atom is -0.306 e. The lowest BCUT2D eigenvalue weighted by Crippen LogP contribution is -2.23. The fraction of sp³-hybridized carbons (Fsp3) is 0.200. The van der Waals surface area contributed by atoms with Crippen molar-refractivity contribution in [3.05, 3.63) is 69.7 Å². The molecule has 0 aromatic heterocycles. The highest BCUT2D eigenvalue weighted by molar-refractivity contribution is 9.10. The lowest BCUT2D eigenvalue weighted by molar-refractivity contribution is 0.553. The zero-order valence-electron chi connectivity index (χ0n) is 10.5. The second-order valence-corrected chi connectivity index (χ2v) is 5.04. The maximum atomic E-state index is 14.2. The zero-order chi connectivity index (χ0) is 13.8. The van der Waals surface area contributed by atoms with Gasteiger partial charge < -0.3 is 5.32 Å². The Bertz CT molecular complexity index is 555. The second-order valence-electron chi connectivity index (χ2n) is 4.19. The van der Waals surface area contributed by atoms with Gasteiger partial charge in [0, 0.05) is 5.56 Å². The van der Waals surface area contributed by atoms with Crippen molar-refractivity contribution in [2.75, 3.05) is 6.54 Å². The molecule has 2 rings (SSSR count). The molecule has 100 valence electrons. The molecule has 1 N–H and O–H groups in total. The number of hydrogen-bond donors (Lipinski definition) is 1. The van der Waals surface area contributed by atoms with Gasteiger partial charge in [0.15, 0.2) is 0 Å². The zero-order valence-corrected chi connectivity index (χ0v) is 12.0. The fourth-order valence-electron chi connectivity index (χ4n) is 2.01. The topological polar surface area (TPSA) is 12.0 Å². The molecule has 2 aromatic carbocycles. The maximum Gasteiger partial charge on any atom is 0.142 e. The highest BCUT2D eigenvalue weighted by Gasteiger charge is 2.18. The van der Waals surface area contributed by atoms with Gasteiger partial charge in [-0.2, -0.15) is 0 Å². The highest BCUT2D eigenvalue weighted by Crippen LogP contribution is 2.28. The molecule has 19 heavy (non-hydrogen) atoms. The first-order valence-corrected chi connectivity index (χ1v) is 6.85. The smallest absolute Gasteiger partial charge is 0.142 e. The average molecular weight is 326 g/mol. The molecule has 0 aliphatic heterocycles. The monoisotopic (exact) mass is 325 g/mol. The minimum atomic E-state index is -0.297. The molecule has 1 nitrogen and oxygen atoms in total. The summed E-state index contributed by atoms with van der Waals surface area (Å²) in [7, 11) is 0. The van der Waals surface area contributed by atoms with E-state index in [1.54, 1.807) is 30.3 Å². The Labute approximate surface area is 119 Å². The third-order valence-electron chi connectivity index (χ3n) is 2.90. The maximum absolute atomic E-state index is 14.2. The quantitative estimate of drug-likeness (QED) is 0.877. The Hall–Kier alpha value is -1.26. The van der Waals surface area contributed by atoms with Crippen LogP contribution in [-0.4, -0.2) is 6.54 Å². The molecule has 1 atom stereocenters. The van der Waals surface area contributed by atoms with Gasteiger partial charge in [0.1, 0.15) is 11.6 Å². The third-order valence-corrected chi connectivity index (χ3v) is 3.52. The summed E-state index contributed by atoms with van der Waals surface area (Å²) in [5.74, 6) is -0.591. The molecule has 0 heterocycles. The van der Waals surface area contributed by atoms with E-state index in [2.05, 4.69) is 21.2 Å². The van der Waals surface area contributed by atoms with Crippen LogP contribution in [-0.2, 0) is 0 Å². The average Bonchev–Trinajstić information content (AvgIpc) is 2.41. The van der Waals surface area contributed by atoms with E-state index in [0.717, 1.165) is 5.56 Å². The molecule has 0 aliphatic carbocycles. The Morgan fingerprint density at radius 3 is 2.42 bits per heavy atom. The van der Waals surface area contributed by atoms with Gasteiger partial charge in [-0.1, -0.05) is 31.2 Å². The van der Waals surface area contributed by atoms with Gasteiger partial charge in [0.2, 0.25) is 0 Å². The predicted molar refractivity (Wildman–Crippen MR) is 76.0 cm³/mol. The van der Waals surface area contributed by atoms with Crippen molar-refractivity contribution in [1.82, 2.24) is 5.32 Å². The molecule has 2 aromatic rings. The number of nitrogens with one attached hydrogen (secondary N) is 1. The number of hydrogen-bond acceptors (Lipinski definition) is 1. The standard InChI is InChI=1S/C15H14BrF2N/c1-2-19-15(10-6-8-11(17)9-7-10)12-4-3-5-13(16)14(12)18/h3-9,15,19H,2H2,1H3. The van der Waals surface area contributed by atoms with Crippen molar-refractivity contribution in [2.24, 2.45) is 0 Å². The van der Waals surface area contributed by atoms with Crippen LogP contribution >= 0.6 is 15.9 Å². The summed E-state index contributed by atoms with van der Waals surface area (Å²) in [5.41, 5.74) is 1.38. The van der Waals surface area contributed by atoms with E-state index < -0.39 is 0 Å². The fourth-order valence-corrected chi connectivity index (χ4v) is 2.39. The molecule has 0 fully saturated rings. The van der Waals surface area contributed by atoms with Gasteiger partial charge in [0.25, 0.3) is 0 Å². The predicted octanol–water partition coefficient (Wildman–Crippen LogP) is 4.43. The molecule has 0 amide bonds. The number of benzene rings is 2. The van der Waals surface area contributed by atoms with Crippen LogP contribution in [0.1, 0.15) is 24.1 Å². The summed E-state index contributed by atoms with van der Waals surface area (Å²) in [5, 5.41) is 3.22. The van der Waals surface area contributed by atoms with Crippen molar-refractivity contribution in [3.63, 3.8) is 0 Å². The SMILES string of the molecule is CCNC(c1ccc(F)cc1)c1cccc(Br)c1F. The molecule has 0 spiro atoms. The molecule has 4 heteroatoms. The Morgan fingerprint density at radius 1 is 1.11 bits per heavy atom. The van der Waals surface area contributed by atoms with Crippen molar-refractivity contribution in [1.29, 1.82) is 0 Å².